The van der Waals surface area contributed by atoms with Crippen LogP contribution in [-0.4, -0.2) is 40.6 Å². The molecular weight excluding hydrogens is 252 g/mol. The van der Waals surface area contributed by atoms with Crippen molar-refractivity contribution in [3.8, 4) is 0 Å². The van der Waals surface area contributed by atoms with Crippen LogP contribution < -0.4 is 5.32 Å². The van der Waals surface area contributed by atoms with E-state index in [1.807, 2.05) is 11.7 Å². The normalized spacial score (nSPS) is 28.1. The van der Waals surface area contributed by atoms with Crippen molar-refractivity contribution in [1.29, 1.82) is 0 Å². The molecule has 5 heteroatoms. The maximum absolute atomic E-state index is 5.64. The summed E-state index contributed by atoms with van der Waals surface area (Å²) in [7, 11) is 2.02. The lowest BCUT2D eigenvalue weighted by molar-refractivity contribution is 0.187. The van der Waals surface area contributed by atoms with E-state index in [-0.39, 0.29) is 0 Å². The van der Waals surface area contributed by atoms with Crippen LogP contribution in [0.4, 0.5) is 0 Å². The summed E-state index contributed by atoms with van der Waals surface area (Å²) >= 11 is 0. The highest BCUT2D eigenvalue weighted by Gasteiger charge is 2.33. The van der Waals surface area contributed by atoms with Gasteiger partial charge in [0.05, 0.1) is 19.1 Å². The summed E-state index contributed by atoms with van der Waals surface area (Å²) in [5, 5.41) is 8.20. The predicted octanol–water partition coefficient (Wildman–Crippen LogP) is 1.95. The summed E-state index contributed by atoms with van der Waals surface area (Å²) < 4.78 is 7.62. The molecule has 1 N–H and O–H groups in total. The Balaban J connectivity index is 1.77. The largest absolute Gasteiger partial charge is 0.379 e. The Labute approximate surface area is 121 Å². The highest BCUT2D eigenvalue weighted by molar-refractivity contribution is 5.09. The molecule has 0 bridgehead atoms. The van der Waals surface area contributed by atoms with E-state index >= 15 is 0 Å². The molecule has 2 unspecified atom stereocenters. The van der Waals surface area contributed by atoms with E-state index in [2.05, 4.69) is 12.2 Å². The lowest BCUT2D eigenvalue weighted by Crippen LogP contribution is -2.35. The molecule has 0 aromatic carbocycles. The molecule has 2 atom stereocenters. The number of aryl methyl sites for hydroxylation is 1. The fourth-order valence-corrected chi connectivity index (χ4v) is 3.55. The monoisotopic (exact) mass is 278 g/mol. The molecule has 2 fully saturated rings. The number of ether oxygens (including phenoxy) is 1. The standard InChI is InChI=1S/C15H26N4O/c1-3-16-13-10-20-9-12(13)15-17-14(18-19(15)2)11-7-5-4-6-8-11/h11-13,16H,3-10H2,1-2H3. The van der Waals surface area contributed by atoms with E-state index in [0.29, 0.717) is 17.9 Å². The third kappa shape index (κ3) is 2.74. The molecular formula is C15H26N4O. The second-order valence-electron chi connectivity index (χ2n) is 6.09. The van der Waals surface area contributed by atoms with E-state index in [1.54, 1.807) is 0 Å². The van der Waals surface area contributed by atoms with Crippen molar-refractivity contribution in [2.75, 3.05) is 19.8 Å². The lowest BCUT2D eigenvalue weighted by atomic mass is 9.89. The highest BCUT2D eigenvalue weighted by atomic mass is 16.5. The maximum atomic E-state index is 5.64. The van der Waals surface area contributed by atoms with Crippen LogP contribution in [0.3, 0.4) is 0 Å². The Bertz CT molecular complexity index is 439. The van der Waals surface area contributed by atoms with Gasteiger partial charge in [0.25, 0.3) is 0 Å². The average molecular weight is 278 g/mol. The van der Waals surface area contributed by atoms with Crippen molar-refractivity contribution in [3.63, 3.8) is 0 Å². The van der Waals surface area contributed by atoms with Gasteiger partial charge in [-0.2, -0.15) is 5.10 Å². The van der Waals surface area contributed by atoms with Crippen molar-refractivity contribution in [2.45, 2.75) is 56.9 Å². The summed E-state index contributed by atoms with van der Waals surface area (Å²) in [6.45, 7) is 4.65. The summed E-state index contributed by atoms with van der Waals surface area (Å²) in [4.78, 5) is 4.88. The molecule has 0 radical (unpaired) electrons. The number of hydrogen-bond acceptors (Lipinski definition) is 4. The molecule has 1 aromatic heterocycles. The molecule has 112 valence electrons. The van der Waals surface area contributed by atoms with Crippen LogP contribution in [0.15, 0.2) is 0 Å². The van der Waals surface area contributed by atoms with E-state index in [1.165, 1.54) is 32.1 Å². The first-order valence-corrected chi connectivity index (χ1v) is 8.01. The van der Waals surface area contributed by atoms with Gasteiger partial charge in [-0.15, -0.1) is 0 Å². The molecule has 0 spiro atoms. The highest BCUT2D eigenvalue weighted by Crippen LogP contribution is 2.32. The molecule has 20 heavy (non-hydrogen) atoms. The predicted molar refractivity (Wildman–Crippen MR) is 77.9 cm³/mol. The van der Waals surface area contributed by atoms with Crippen molar-refractivity contribution in [1.82, 2.24) is 20.1 Å². The summed E-state index contributed by atoms with van der Waals surface area (Å²) in [5.41, 5.74) is 0. The number of nitrogens with one attached hydrogen (secondary N) is 1. The Morgan fingerprint density at radius 2 is 2.05 bits per heavy atom. The van der Waals surface area contributed by atoms with Crippen molar-refractivity contribution < 1.29 is 4.74 Å². The van der Waals surface area contributed by atoms with Crippen molar-refractivity contribution in [3.05, 3.63) is 11.6 Å². The number of nitrogens with zero attached hydrogens (tertiary/aromatic N) is 3. The molecule has 1 saturated carbocycles. The SMILES string of the molecule is CCNC1COCC1c1nc(C2CCCCC2)nn1C. The molecule has 1 aliphatic heterocycles. The van der Waals surface area contributed by atoms with Crippen LogP contribution in [0.5, 0.6) is 0 Å². The Morgan fingerprint density at radius 3 is 2.80 bits per heavy atom. The zero-order valence-electron chi connectivity index (χ0n) is 12.6. The zero-order valence-corrected chi connectivity index (χ0v) is 12.6. The topological polar surface area (TPSA) is 52.0 Å². The molecule has 0 amide bonds. The van der Waals surface area contributed by atoms with Gasteiger partial charge in [0, 0.05) is 19.0 Å². The quantitative estimate of drug-likeness (QED) is 0.914. The van der Waals surface area contributed by atoms with Crippen LogP contribution in [0.1, 0.15) is 62.5 Å². The number of hydrogen-bond donors (Lipinski definition) is 1. The maximum Gasteiger partial charge on any atom is 0.154 e. The van der Waals surface area contributed by atoms with Crippen LogP contribution in [-0.2, 0) is 11.8 Å². The smallest absolute Gasteiger partial charge is 0.154 e. The van der Waals surface area contributed by atoms with E-state index < -0.39 is 0 Å². The molecule has 1 saturated heterocycles. The minimum absolute atomic E-state index is 0.338. The summed E-state index contributed by atoms with van der Waals surface area (Å²) in [5.74, 6) is 3.06. The van der Waals surface area contributed by atoms with E-state index in [9.17, 15) is 0 Å². The molecule has 3 rings (SSSR count). The first kappa shape index (κ1) is 14.0. The molecule has 2 aliphatic rings. The van der Waals surface area contributed by atoms with Gasteiger partial charge >= 0.3 is 0 Å². The summed E-state index contributed by atoms with van der Waals surface area (Å²) in [6.07, 6.45) is 6.52. The van der Waals surface area contributed by atoms with Gasteiger partial charge in [-0.1, -0.05) is 26.2 Å². The van der Waals surface area contributed by atoms with E-state index in [4.69, 9.17) is 14.8 Å². The van der Waals surface area contributed by atoms with Crippen LogP contribution >= 0.6 is 0 Å². The van der Waals surface area contributed by atoms with Crippen molar-refractivity contribution >= 4 is 0 Å². The van der Waals surface area contributed by atoms with Gasteiger partial charge in [0.2, 0.25) is 0 Å². The molecule has 2 heterocycles. The molecule has 1 aromatic rings. The number of likely N-dealkylation sites (N-methyl/N-ethyl adjacent to an activating group) is 1. The Kier molecular flexibility index (Phi) is 4.36. The van der Waals surface area contributed by atoms with Crippen LogP contribution in [0.2, 0.25) is 0 Å². The van der Waals surface area contributed by atoms with Crippen LogP contribution in [0, 0.1) is 0 Å². The summed E-state index contributed by atoms with van der Waals surface area (Å²) in [6, 6.07) is 0.377. The first-order valence-electron chi connectivity index (χ1n) is 8.01. The van der Waals surface area contributed by atoms with E-state index in [0.717, 1.165) is 31.4 Å². The lowest BCUT2D eigenvalue weighted by Gasteiger charge is -2.18. The number of rotatable bonds is 4. The van der Waals surface area contributed by atoms with Gasteiger partial charge in [-0.3, -0.25) is 4.68 Å². The fourth-order valence-electron chi connectivity index (χ4n) is 3.55. The Hall–Kier alpha value is -0.940. The zero-order chi connectivity index (χ0) is 13.9. The van der Waals surface area contributed by atoms with Gasteiger partial charge in [-0.25, -0.2) is 4.98 Å². The van der Waals surface area contributed by atoms with Gasteiger partial charge in [0.15, 0.2) is 5.82 Å². The second-order valence-corrected chi connectivity index (χ2v) is 6.09. The first-order chi connectivity index (χ1) is 9.79. The third-order valence-corrected chi connectivity index (χ3v) is 4.66. The molecule has 5 nitrogen and oxygen atoms in total. The van der Waals surface area contributed by atoms with Gasteiger partial charge < -0.3 is 10.1 Å². The third-order valence-electron chi connectivity index (χ3n) is 4.66. The fraction of sp³-hybridized carbons (Fsp3) is 0.867. The second kappa shape index (κ2) is 6.22. The Morgan fingerprint density at radius 1 is 1.25 bits per heavy atom. The number of aromatic nitrogens is 3. The minimum Gasteiger partial charge on any atom is -0.379 e. The van der Waals surface area contributed by atoms with Gasteiger partial charge in [-0.05, 0) is 19.4 Å². The van der Waals surface area contributed by atoms with Crippen LogP contribution in [0.25, 0.3) is 0 Å². The minimum atomic E-state index is 0.338. The van der Waals surface area contributed by atoms with Gasteiger partial charge in [0.1, 0.15) is 5.82 Å². The van der Waals surface area contributed by atoms with Crippen molar-refractivity contribution in [2.24, 2.45) is 7.05 Å². The average Bonchev–Trinajstić information content (AvgIpc) is 3.07. The molecule has 1 aliphatic carbocycles.